The summed E-state index contributed by atoms with van der Waals surface area (Å²) in [4.78, 5) is 25.5. The van der Waals surface area contributed by atoms with Crippen molar-refractivity contribution in [2.45, 2.75) is 18.2 Å². The highest BCUT2D eigenvalue weighted by Gasteiger charge is 2.33. The van der Waals surface area contributed by atoms with Gasteiger partial charge in [0.15, 0.2) is 0 Å². The molecular formula is C17H21N5O5S2. The number of rotatable bonds is 5. The number of anilines is 1. The number of amides is 2. The minimum Gasteiger partial charge on any atom is -0.450 e. The number of nitrogens with zero attached hydrogens (tertiary/aromatic N) is 4. The third kappa shape index (κ3) is 4.89. The van der Waals surface area contributed by atoms with Gasteiger partial charge in [0.2, 0.25) is 9.47 Å². The van der Waals surface area contributed by atoms with Crippen LogP contribution in [-0.2, 0) is 14.8 Å². The van der Waals surface area contributed by atoms with E-state index < -0.39 is 22.0 Å². The molecule has 2 aromatic rings. The molecule has 1 aliphatic heterocycles. The van der Waals surface area contributed by atoms with Gasteiger partial charge in [0.1, 0.15) is 0 Å². The zero-order chi connectivity index (χ0) is 21.0. The van der Waals surface area contributed by atoms with Crippen molar-refractivity contribution >= 4 is 38.5 Å². The van der Waals surface area contributed by atoms with Crippen LogP contribution < -0.4 is 5.32 Å². The largest absolute Gasteiger partial charge is 0.450 e. The lowest BCUT2D eigenvalue weighted by Crippen LogP contribution is -2.50. The Kier molecular flexibility index (Phi) is 6.45. The second kappa shape index (κ2) is 8.84. The van der Waals surface area contributed by atoms with Crippen molar-refractivity contribution in [2.75, 3.05) is 38.1 Å². The van der Waals surface area contributed by atoms with Crippen molar-refractivity contribution in [1.29, 1.82) is 0 Å². The van der Waals surface area contributed by atoms with E-state index in [4.69, 9.17) is 4.74 Å². The first-order valence-corrected chi connectivity index (χ1v) is 11.2. The maximum absolute atomic E-state index is 12.8. The van der Waals surface area contributed by atoms with E-state index in [1.165, 1.54) is 9.21 Å². The molecule has 0 saturated carbocycles. The molecule has 0 atom stereocenters. The van der Waals surface area contributed by atoms with Gasteiger partial charge in [-0.3, -0.25) is 10.1 Å². The minimum atomic E-state index is -3.86. The van der Waals surface area contributed by atoms with Crippen LogP contribution in [0.25, 0.3) is 0 Å². The standard InChI is InChI=1S/C17H21N5O5S2/c1-3-27-17(24)21-7-9-22(10-8-21)29(25,26)16-20-19-15(28-16)18-14(23)13-6-4-5-12(2)11-13/h4-6,11H,3,7-10H2,1-2H3,(H,18,19,23). The third-order valence-electron chi connectivity index (χ3n) is 4.23. The summed E-state index contributed by atoms with van der Waals surface area (Å²) >= 11 is 0.787. The Bertz CT molecular complexity index is 999. The van der Waals surface area contributed by atoms with Gasteiger partial charge in [-0.15, -0.1) is 10.2 Å². The molecule has 1 aliphatic rings. The van der Waals surface area contributed by atoms with Gasteiger partial charge in [-0.1, -0.05) is 29.0 Å². The van der Waals surface area contributed by atoms with E-state index in [2.05, 4.69) is 15.5 Å². The third-order valence-corrected chi connectivity index (χ3v) is 7.32. The SMILES string of the molecule is CCOC(=O)N1CCN(S(=O)(=O)c2nnc(NC(=O)c3cccc(C)c3)s2)CC1. The summed E-state index contributed by atoms with van der Waals surface area (Å²) in [5.74, 6) is -0.392. The predicted molar refractivity (Wildman–Crippen MR) is 106 cm³/mol. The number of ether oxygens (including phenoxy) is 1. The van der Waals surface area contributed by atoms with Gasteiger partial charge in [-0.25, -0.2) is 13.2 Å². The van der Waals surface area contributed by atoms with E-state index in [-0.39, 0.29) is 42.3 Å². The molecule has 1 aromatic carbocycles. The van der Waals surface area contributed by atoms with Gasteiger partial charge >= 0.3 is 6.09 Å². The Morgan fingerprint density at radius 2 is 1.93 bits per heavy atom. The topological polar surface area (TPSA) is 122 Å². The van der Waals surface area contributed by atoms with Crippen LogP contribution in [0, 0.1) is 6.92 Å². The summed E-state index contributed by atoms with van der Waals surface area (Å²) in [5, 5.41) is 10.2. The number of hydrogen-bond acceptors (Lipinski definition) is 8. The Morgan fingerprint density at radius 3 is 2.59 bits per heavy atom. The molecule has 12 heteroatoms. The lowest BCUT2D eigenvalue weighted by molar-refractivity contribution is 0.0933. The lowest BCUT2D eigenvalue weighted by Gasteiger charge is -2.32. The number of aryl methyl sites for hydroxylation is 1. The first-order chi connectivity index (χ1) is 13.8. The van der Waals surface area contributed by atoms with Crippen LogP contribution >= 0.6 is 11.3 Å². The van der Waals surface area contributed by atoms with E-state index in [1.807, 2.05) is 13.0 Å². The molecule has 0 unspecified atom stereocenters. The molecule has 2 amide bonds. The van der Waals surface area contributed by atoms with Gasteiger partial charge in [0.25, 0.3) is 15.9 Å². The first-order valence-electron chi connectivity index (χ1n) is 8.94. The smallest absolute Gasteiger partial charge is 0.409 e. The number of aromatic nitrogens is 2. The van der Waals surface area contributed by atoms with E-state index in [9.17, 15) is 18.0 Å². The molecule has 156 valence electrons. The minimum absolute atomic E-state index is 0.0974. The van der Waals surface area contributed by atoms with Gasteiger partial charge in [-0.05, 0) is 26.0 Å². The molecule has 0 spiro atoms. The summed E-state index contributed by atoms with van der Waals surface area (Å²) in [5.41, 5.74) is 1.37. The van der Waals surface area contributed by atoms with Crippen LogP contribution in [0.4, 0.5) is 9.93 Å². The average molecular weight is 440 g/mol. The molecule has 1 aromatic heterocycles. The van der Waals surface area contributed by atoms with E-state index in [0.29, 0.717) is 5.56 Å². The van der Waals surface area contributed by atoms with Crippen molar-refractivity contribution in [3.8, 4) is 0 Å². The normalized spacial score (nSPS) is 15.2. The van der Waals surface area contributed by atoms with Crippen LogP contribution in [0.1, 0.15) is 22.8 Å². The molecule has 10 nitrogen and oxygen atoms in total. The molecule has 0 aliphatic carbocycles. The number of hydrogen-bond donors (Lipinski definition) is 1. The number of carbonyl (C=O) groups is 2. The molecule has 0 bridgehead atoms. The Balaban J connectivity index is 1.65. The van der Waals surface area contributed by atoms with Crippen molar-refractivity contribution in [3.05, 3.63) is 35.4 Å². The molecule has 1 N–H and O–H groups in total. The van der Waals surface area contributed by atoms with Crippen LogP contribution in [-0.4, -0.2) is 72.6 Å². The first kappa shape index (κ1) is 21.1. The Morgan fingerprint density at radius 1 is 1.21 bits per heavy atom. The zero-order valence-electron chi connectivity index (χ0n) is 16.0. The fourth-order valence-electron chi connectivity index (χ4n) is 2.76. The Hall–Kier alpha value is -2.57. The van der Waals surface area contributed by atoms with Gasteiger partial charge < -0.3 is 9.64 Å². The number of carbonyl (C=O) groups excluding carboxylic acids is 2. The Labute approximate surface area is 172 Å². The fraction of sp³-hybridized carbons (Fsp3) is 0.412. The van der Waals surface area contributed by atoms with Crippen molar-refractivity contribution in [3.63, 3.8) is 0 Å². The molecule has 1 saturated heterocycles. The van der Waals surface area contributed by atoms with Crippen LogP contribution in [0.3, 0.4) is 0 Å². The summed E-state index contributed by atoms with van der Waals surface area (Å²) in [6.45, 7) is 4.57. The van der Waals surface area contributed by atoms with Crippen molar-refractivity contribution in [1.82, 2.24) is 19.4 Å². The van der Waals surface area contributed by atoms with Gasteiger partial charge in [0.05, 0.1) is 6.61 Å². The second-order valence-electron chi connectivity index (χ2n) is 6.29. The second-order valence-corrected chi connectivity index (χ2v) is 9.38. The number of benzene rings is 1. The highest BCUT2D eigenvalue weighted by molar-refractivity contribution is 7.91. The van der Waals surface area contributed by atoms with Gasteiger partial charge in [-0.2, -0.15) is 4.31 Å². The molecule has 2 heterocycles. The zero-order valence-corrected chi connectivity index (χ0v) is 17.6. The number of sulfonamides is 1. The highest BCUT2D eigenvalue weighted by atomic mass is 32.2. The molecular weight excluding hydrogens is 418 g/mol. The summed E-state index contributed by atoms with van der Waals surface area (Å²) in [6, 6.07) is 7.01. The molecule has 29 heavy (non-hydrogen) atoms. The van der Waals surface area contributed by atoms with E-state index in [1.54, 1.807) is 25.1 Å². The number of nitrogens with one attached hydrogen (secondary N) is 1. The average Bonchev–Trinajstić information content (AvgIpc) is 3.17. The van der Waals surface area contributed by atoms with Crippen LogP contribution in [0.2, 0.25) is 0 Å². The predicted octanol–water partition coefficient (Wildman–Crippen LogP) is 1.56. The quantitative estimate of drug-likeness (QED) is 0.702. The summed E-state index contributed by atoms with van der Waals surface area (Å²) < 4.78 is 31.5. The summed E-state index contributed by atoms with van der Waals surface area (Å²) in [6.07, 6.45) is -0.457. The van der Waals surface area contributed by atoms with Crippen LogP contribution in [0.15, 0.2) is 28.6 Å². The highest BCUT2D eigenvalue weighted by Crippen LogP contribution is 2.24. The fourth-order valence-corrected chi connectivity index (χ4v) is 5.21. The molecule has 0 radical (unpaired) electrons. The maximum Gasteiger partial charge on any atom is 0.409 e. The molecule has 3 rings (SSSR count). The van der Waals surface area contributed by atoms with Crippen molar-refractivity contribution in [2.24, 2.45) is 0 Å². The molecule has 1 fully saturated rings. The monoisotopic (exact) mass is 439 g/mol. The van der Waals surface area contributed by atoms with Gasteiger partial charge in [0, 0.05) is 31.7 Å². The summed E-state index contributed by atoms with van der Waals surface area (Å²) in [7, 11) is -3.86. The van der Waals surface area contributed by atoms with Crippen molar-refractivity contribution < 1.29 is 22.7 Å². The number of piperazine rings is 1. The van der Waals surface area contributed by atoms with Crippen LogP contribution in [0.5, 0.6) is 0 Å². The maximum atomic E-state index is 12.8. The van der Waals surface area contributed by atoms with E-state index in [0.717, 1.165) is 16.9 Å². The van der Waals surface area contributed by atoms with E-state index >= 15 is 0 Å². The lowest BCUT2D eigenvalue weighted by atomic mass is 10.1.